The summed E-state index contributed by atoms with van der Waals surface area (Å²) in [6, 6.07) is 11.7. The molecule has 0 aromatic heterocycles. The van der Waals surface area contributed by atoms with Gasteiger partial charge in [0, 0.05) is 19.6 Å². The minimum atomic E-state index is -3.53. The van der Waals surface area contributed by atoms with E-state index in [9.17, 15) is 17.6 Å². The topological polar surface area (TPSA) is 97.0 Å². The number of benzene rings is 2. The van der Waals surface area contributed by atoms with Crippen molar-refractivity contribution >= 4 is 16.1 Å². The standard InChI is InChI=1S/C20H24FN3O5S/c21-17-3-5-18(6-4-17)29-12-9-22-20(25)23-15-16-1-7-19(8-2-16)30(26,27)24-10-13-28-14-11-24/h1-8H,9-15H2,(H2,22,23,25). The third-order valence-corrected chi connectivity index (χ3v) is 6.37. The molecule has 2 aromatic rings. The van der Waals surface area contributed by atoms with Crippen LogP contribution in [0.1, 0.15) is 5.56 Å². The second-order valence-electron chi connectivity index (χ2n) is 6.57. The lowest BCUT2D eigenvalue weighted by atomic mass is 10.2. The van der Waals surface area contributed by atoms with Crippen LogP contribution in [0.25, 0.3) is 0 Å². The Labute approximate surface area is 175 Å². The molecule has 0 spiro atoms. The van der Waals surface area contributed by atoms with Crippen LogP contribution in [0.4, 0.5) is 9.18 Å². The molecule has 1 aliphatic rings. The van der Waals surface area contributed by atoms with E-state index in [1.165, 1.54) is 40.7 Å². The third kappa shape index (κ3) is 6.15. The molecule has 0 saturated carbocycles. The summed E-state index contributed by atoms with van der Waals surface area (Å²) in [6.45, 7) is 2.25. The van der Waals surface area contributed by atoms with Gasteiger partial charge in [0.1, 0.15) is 18.2 Å². The molecule has 0 bridgehead atoms. The minimum Gasteiger partial charge on any atom is -0.492 e. The number of carbonyl (C=O) groups excluding carboxylic acids is 1. The maximum atomic E-state index is 12.8. The highest BCUT2D eigenvalue weighted by Crippen LogP contribution is 2.17. The van der Waals surface area contributed by atoms with E-state index in [4.69, 9.17) is 9.47 Å². The van der Waals surface area contributed by atoms with Crippen molar-refractivity contribution in [3.63, 3.8) is 0 Å². The number of carbonyl (C=O) groups is 1. The molecule has 8 nitrogen and oxygen atoms in total. The van der Waals surface area contributed by atoms with E-state index in [2.05, 4.69) is 10.6 Å². The van der Waals surface area contributed by atoms with Crippen molar-refractivity contribution in [3.8, 4) is 5.75 Å². The van der Waals surface area contributed by atoms with Gasteiger partial charge in [0.25, 0.3) is 0 Å². The first-order chi connectivity index (χ1) is 14.4. The van der Waals surface area contributed by atoms with Gasteiger partial charge in [-0.25, -0.2) is 17.6 Å². The van der Waals surface area contributed by atoms with Gasteiger partial charge in [-0.3, -0.25) is 0 Å². The molecule has 162 valence electrons. The van der Waals surface area contributed by atoms with Crippen LogP contribution in [0, 0.1) is 5.82 Å². The SMILES string of the molecule is O=C(NCCOc1ccc(F)cc1)NCc1ccc(S(=O)(=O)N2CCOCC2)cc1. The maximum absolute atomic E-state index is 12.8. The second kappa shape index (κ2) is 10.4. The molecule has 2 aromatic carbocycles. The predicted octanol–water partition coefficient (Wildman–Crippen LogP) is 1.72. The predicted molar refractivity (Wildman–Crippen MR) is 108 cm³/mol. The Morgan fingerprint density at radius 1 is 1.03 bits per heavy atom. The Bertz CT molecular complexity index is 930. The summed E-state index contributed by atoms with van der Waals surface area (Å²) >= 11 is 0. The first-order valence-corrected chi connectivity index (χ1v) is 11.0. The number of amides is 2. The van der Waals surface area contributed by atoms with E-state index in [1.807, 2.05) is 0 Å². The van der Waals surface area contributed by atoms with E-state index in [1.54, 1.807) is 12.1 Å². The molecule has 3 rings (SSSR count). The van der Waals surface area contributed by atoms with Crippen LogP contribution in [-0.2, 0) is 21.3 Å². The number of sulfonamides is 1. The monoisotopic (exact) mass is 437 g/mol. The molecule has 2 amide bonds. The summed E-state index contributed by atoms with van der Waals surface area (Å²) < 4.78 is 50.0. The molecule has 1 heterocycles. The Hall–Kier alpha value is -2.69. The lowest BCUT2D eigenvalue weighted by molar-refractivity contribution is 0.0730. The molecule has 0 radical (unpaired) electrons. The zero-order valence-electron chi connectivity index (χ0n) is 16.3. The fourth-order valence-electron chi connectivity index (χ4n) is 2.82. The average molecular weight is 437 g/mol. The highest BCUT2D eigenvalue weighted by molar-refractivity contribution is 7.89. The van der Waals surface area contributed by atoms with Crippen LogP contribution < -0.4 is 15.4 Å². The van der Waals surface area contributed by atoms with Gasteiger partial charge in [-0.15, -0.1) is 0 Å². The molecule has 1 aliphatic heterocycles. The average Bonchev–Trinajstić information content (AvgIpc) is 2.77. The summed E-state index contributed by atoms with van der Waals surface area (Å²) in [7, 11) is -3.53. The number of halogens is 1. The van der Waals surface area contributed by atoms with Crippen molar-refractivity contribution in [2.45, 2.75) is 11.4 Å². The summed E-state index contributed by atoms with van der Waals surface area (Å²) in [5.41, 5.74) is 0.772. The smallest absolute Gasteiger partial charge is 0.315 e. The molecular formula is C20H24FN3O5S. The highest BCUT2D eigenvalue weighted by atomic mass is 32.2. The Morgan fingerprint density at radius 3 is 2.37 bits per heavy atom. The maximum Gasteiger partial charge on any atom is 0.315 e. The molecule has 30 heavy (non-hydrogen) atoms. The molecule has 0 aliphatic carbocycles. The van der Waals surface area contributed by atoms with E-state index in [0.717, 1.165) is 5.56 Å². The van der Waals surface area contributed by atoms with Crippen molar-refractivity contribution in [3.05, 3.63) is 59.9 Å². The Balaban J connectivity index is 1.40. The summed E-state index contributed by atoms with van der Waals surface area (Å²) in [5.74, 6) is 0.178. The van der Waals surface area contributed by atoms with Crippen LogP contribution in [0.5, 0.6) is 5.75 Å². The van der Waals surface area contributed by atoms with Gasteiger partial charge in [0.2, 0.25) is 10.0 Å². The first kappa shape index (κ1) is 22.0. The van der Waals surface area contributed by atoms with Crippen molar-refractivity contribution in [2.75, 3.05) is 39.5 Å². The number of hydrogen-bond acceptors (Lipinski definition) is 5. The molecule has 0 unspecified atom stereocenters. The van der Waals surface area contributed by atoms with Gasteiger partial charge in [0.05, 0.1) is 24.7 Å². The van der Waals surface area contributed by atoms with Gasteiger partial charge in [-0.1, -0.05) is 12.1 Å². The van der Waals surface area contributed by atoms with Crippen molar-refractivity contribution < 1.29 is 27.1 Å². The van der Waals surface area contributed by atoms with Gasteiger partial charge in [-0.2, -0.15) is 4.31 Å². The van der Waals surface area contributed by atoms with Gasteiger partial charge in [-0.05, 0) is 42.0 Å². The highest BCUT2D eigenvalue weighted by Gasteiger charge is 2.26. The lowest BCUT2D eigenvalue weighted by Crippen LogP contribution is -2.40. The fourth-order valence-corrected chi connectivity index (χ4v) is 4.23. The molecule has 2 N–H and O–H groups in total. The number of hydrogen-bond donors (Lipinski definition) is 2. The van der Waals surface area contributed by atoms with Crippen molar-refractivity contribution in [1.29, 1.82) is 0 Å². The minimum absolute atomic E-state index is 0.218. The van der Waals surface area contributed by atoms with Crippen LogP contribution in [0.2, 0.25) is 0 Å². The number of rotatable bonds is 8. The largest absolute Gasteiger partial charge is 0.492 e. The Kier molecular flexibility index (Phi) is 7.61. The van der Waals surface area contributed by atoms with E-state index >= 15 is 0 Å². The van der Waals surface area contributed by atoms with E-state index in [-0.39, 0.29) is 36.4 Å². The zero-order chi connectivity index (χ0) is 21.4. The van der Waals surface area contributed by atoms with Gasteiger partial charge < -0.3 is 20.1 Å². The number of urea groups is 1. The number of nitrogens with one attached hydrogen (secondary N) is 2. The third-order valence-electron chi connectivity index (χ3n) is 4.45. The summed E-state index contributed by atoms with van der Waals surface area (Å²) in [5, 5.41) is 5.34. The van der Waals surface area contributed by atoms with E-state index in [0.29, 0.717) is 32.1 Å². The quantitative estimate of drug-likeness (QED) is 0.613. The van der Waals surface area contributed by atoms with Crippen LogP contribution in [0.15, 0.2) is 53.4 Å². The van der Waals surface area contributed by atoms with Crippen molar-refractivity contribution in [2.24, 2.45) is 0 Å². The van der Waals surface area contributed by atoms with Gasteiger partial charge >= 0.3 is 6.03 Å². The normalized spacial score (nSPS) is 14.8. The summed E-state index contributed by atoms with van der Waals surface area (Å²) in [6.07, 6.45) is 0. The Morgan fingerprint density at radius 2 is 1.70 bits per heavy atom. The molecule has 1 saturated heterocycles. The first-order valence-electron chi connectivity index (χ1n) is 9.52. The molecule has 0 atom stereocenters. The zero-order valence-corrected chi connectivity index (χ0v) is 17.2. The van der Waals surface area contributed by atoms with E-state index < -0.39 is 10.0 Å². The summed E-state index contributed by atoms with van der Waals surface area (Å²) in [4.78, 5) is 12.1. The molecule has 1 fully saturated rings. The molecule has 10 heteroatoms. The fraction of sp³-hybridized carbons (Fsp3) is 0.350. The van der Waals surface area contributed by atoms with Crippen LogP contribution in [0.3, 0.4) is 0 Å². The second-order valence-corrected chi connectivity index (χ2v) is 8.51. The lowest BCUT2D eigenvalue weighted by Gasteiger charge is -2.26. The number of ether oxygens (including phenoxy) is 2. The number of morpholine rings is 1. The van der Waals surface area contributed by atoms with Crippen LogP contribution >= 0.6 is 0 Å². The number of nitrogens with zero attached hydrogens (tertiary/aromatic N) is 1. The van der Waals surface area contributed by atoms with Crippen LogP contribution in [-0.4, -0.2) is 58.2 Å². The molecular weight excluding hydrogens is 413 g/mol. The van der Waals surface area contributed by atoms with Gasteiger partial charge in [0.15, 0.2) is 0 Å². The van der Waals surface area contributed by atoms with Crippen molar-refractivity contribution in [1.82, 2.24) is 14.9 Å².